The Bertz CT molecular complexity index is 2240. The first-order valence-corrected chi connectivity index (χ1v) is 16.2. The Labute approximate surface area is 293 Å². The molecule has 0 saturated carbocycles. The van der Waals surface area contributed by atoms with E-state index in [1.165, 1.54) is 6.07 Å². The monoisotopic (exact) mass is 661 g/mol. The van der Waals surface area contributed by atoms with E-state index in [0.29, 0.717) is 57.2 Å². The molecule has 0 aliphatic heterocycles. The van der Waals surface area contributed by atoms with E-state index in [9.17, 15) is 10.1 Å². The Morgan fingerprint density at radius 2 is 0.608 bits per heavy atom. The van der Waals surface area contributed by atoms with Crippen molar-refractivity contribution < 1.29 is 4.92 Å². The molecule has 0 aliphatic rings. The van der Waals surface area contributed by atoms with Crippen molar-refractivity contribution >= 4 is 5.69 Å². The Balaban J connectivity index is 1.39. The summed E-state index contributed by atoms with van der Waals surface area (Å²) in [5.74, 6) is 2.77. The highest BCUT2D eigenvalue weighted by Crippen LogP contribution is 2.37. The molecule has 0 N–H and O–H groups in total. The zero-order chi connectivity index (χ0) is 34.6. The normalized spacial score (nSPS) is 10.9. The summed E-state index contributed by atoms with van der Waals surface area (Å²) < 4.78 is 0. The molecule has 9 nitrogen and oxygen atoms in total. The van der Waals surface area contributed by atoms with Gasteiger partial charge in [-0.1, -0.05) is 133 Å². The number of aromatic nitrogens is 6. The van der Waals surface area contributed by atoms with Gasteiger partial charge in [-0.15, -0.1) is 0 Å². The molecule has 242 valence electrons. The van der Waals surface area contributed by atoms with Crippen molar-refractivity contribution in [1.29, 1.82) is 0 Å². The SMILES string of the molecule is O=[N+]([O-])c1ccccc1-c1cc(-c2nc(-c3ccccc3)nc(-c3ccccc3)n2)cc(-c2nc(-c3ccccc3)nc(-c3ccccc3)n2)c1. The van der Waals surface area contributed by atoms with Crippen LogP contribution in [-0.4, -0.2) is 34.8 Å². The average molecular weight is 662 g/mol. The van der Waals surface area contributed by atoms with Gasteiger partial charge < -0.3 is 0 Å². The summed E-state index contributed by atoms with van der Waals surface area (Å²) in [6.45, 7) is 0. The van der Waals surface area contributed by atoms with E-state index >= 15 is 0 Å². The third-order valence-electron chi connectivity index (χ3n) is 8.26. The van der Waals surface area contributed by atoms with Gasteiger partial charge in [-0.25, -0.2) is 29.9 Å². The number of nitro groups is 1. The molecule has 2 heterocycles. The predicted molar refractivity (Wildman–Crippen MR) is 198 cm³/mol. The Morgan fingerprint density at radius 3 is 0.941 bits per heavy atom. The Hall–Kier alpha value is -7.26. The molecule has 0 saturated heterocycles. The van der Waals surface area contributed by atoms with Crippen molar-refractivity contribution in [1.82, 2.24) is 29.9 Å². The van der Waals surface area contributed by atoms with E-state index in [4.69, 9.17) is 29.9 Å². The lowest BCUT2D eigenvalue weighted by atomic mass is 9.97. The van der Waals surface area contributed by atoms with Crippen molar-refractivity contribution in [3.05, 3.63) is 174 Å². The molecule has 9 heteroatoms. The van der Waals surface area contributed by atoms with Gasteiger partial charge >= 0.3 is 0 Å². The molecule has 0 fully saturated rings. The maximum atomic E-state index is 12.3. The first-order valence-electron chi connectivity index (χ1n) is 16.2. The lowest BCUT2D eigenvalue weighted by molar-refractivity contribution is -0.384. The van der Waals surface area contributed by atoms with Crippen molar-refractivity contribution in [2.24, 2.45) is 0 Å². The Kier molecular flexibility index (Phi) is 8.33. The van der Waals surface area contributed by atoms with Crippen LogP contribution in [0.2, 0.25) is 0 Å². The van der Waals surface area contributed by atoms with E-state index in [-0.39, 0.29) is 10.6 Å². The molecule has 0 unspecified atom stereocenters. The van der Waals surface area contributed by atoms with Crippen LogP contribution in [0, 0.1) is 10.1 Å². The van der Waals surface area contributed by atoms with Gasteiger partial charge in [0.2, 0.25) is 0 Å². The first-order chi connectivity index (χ1) is 25.1. The molecule has 0 atom stereocenters. The molecular weight excluding hydrogens is 635 g/mol. The van der Waals surface area contributed by atoms with Crippen LogP contribution in [0.15, 0.2) is 164 Å². The highest BCUT2D eigenvalue weighted by atomic mass is 16.6. The minimum atomic E-state index is -0.379. The number of hydrogen-bond acceptors (Lipinski definition) is 8. The minimum absolute atomic E-state index is 0.0307. The summed E-state index contributed by atoms with van der Waals surface area (Å²) in [7, 11) is 0. The molecule has 6 aromatic carbocycles. The Morgan fingerprint density at radius 1 is 0.333 bits per heavy atom. The number of nitrogens with zero attached hydrogens (tertiary/aromatic N) is 7. The summed E-state index contributed by atoms with van der Waals surface area (Å²) in [5, 5.41) is 12.3. The van der Waals surface area contributed by atoms with Crippen LogP contribution in [0.3, 0.4) is 0 Å². The van der Waals surface area contributed by atoms with Crippen LogP contribution in [0.5, 0.6) is 0 Å². The second-order valence-corrected chi connectivity index (χ2v) is 11.6. The van der Waals surface area contributed by atoms with Crippen LogP contribution < -0.4 is 0 Å². The van der Waals surface area contributed by atoms with E-state index in [1.807, 2.05) is 140 Å². The number of nitro benzene ring substituents is 1. The second kappa shape index (κ2) is 13.7. The van der Waals surface area contributed by atoms with Gasteiger partial charge in [0, 0.05) is 39.4 Å². The lowest BCUT2D eigenvalue weighted by Gasteiger charge is -2.13. The van der Waals surface area contributed by atoms with Gasteiger partial charge in [0.25, 0.3) is 5.69 Å². The van der Waals surface area contributed by atoms with Crippen molar-refractivity contribution in [2.75, 3.05) is 0 Å². The van der Waals surface area contributed by atoms with Crippen molar-refractivity contribution in [2.45, 2.75) is 0 Å². The molecule has 8 aromatic rings. The van der Waals surface area contributed by atoms with Gasteiger partial charge in [-0.05, 0) is 29.8 Å². The van der Waals surface area contributed by atoms with Crippen molar-refractivity contribution in [3.63, 3.8) is 0 Å². The van der Waals surface area contributed by atoms with Crippen LogP contribution in [0.4, 0.5) is 5.69 Å². The summed E-state index contributed by atoms with van der Waals surface area (Å²) in [5.41, 5.74) is 5.51. The van der Waals surface area contributed by atoms with Crippen LogP contribution in [-0.2, 0) is 0 Å². The maximum absolute atomic E-state index is 12.3. The van der Waals surface area contributed by atoms with Gasteiger partial charge in [0.15, 0.2) is 34.9 Å². The van der Waals surface area contributed by atoms with Crippen LogP contribution in [0.25, 0.3) is 79.5 Å². The second-order valence-electron chi connectivity index (χ2n) is 11.6. The van der Waals surface area contributed by atoms with Gasteiger partial charge in [0.1, 0.15) is 0 Å². The number of para-hydroxylation sites is 1. The predicted octanol–water partition coefficient (Wildman–Crippen LogP) is 9.63. The summed E-state index contributed by atoms with van der Waals surface area (Å²) in [6, 6.07) is 51.1. The van der Waals surface area contributed by atoms with Crippen LogP contribution in [0.1, 0.15) is 0 Å². The molecule has 0 amide bonds. The smallest absolute Gasteiger partial charge is 0.258 e. The largest absolute Gasteiger partial charge is 0.277 e. The molecule has 8 rings (SSSR count). The van der Waals surface area contributed by atoms with E-state index in [1.54, 1.807) is 18.2 Å². The summed E-state index contributed by atoms with van der Waals surface area (Å²) in [6.07, 6.45) is 0. The average Bonchev–Trinajstić information content (AvgIpc) is 3.21. The van der Waals surface area contributed by atoms with E-state index < -0.39 is 0 Å². The van der Waals surface area contributed by atoms with Crippen molar-refractivity contribution in [3.8, 4) is 79.5 Å². The van der Waals surface area contributed by atoms with Gasteiger partial charge in [0.05, 0.1) is 10.5 Å². The molecule has 2 aromatic heterocycles. The highest BCUT2D eigenvalue weighted by Gasteiger charge is 2.20. The molecule has 0 radical (unpaired) electrons. The molecular formula is C42H27N7O2. The van der Waals surface area contributed by atoms with Gasteiger partial charge in [-0.3, -0.25) is 10.1 Å². The van der Waals surface area contributed by atoms with Gasteiger partial charge in [-0.2, -0.15) is 0 Å². The maximum Gasteiger partial charge on any atom is 0.277 e. The van der Waals surface area contributed by atoms with Crippen LogP contribution >= 0.6 is 0 Å². The zero-order valence-corrected chi connectivity index (χ0v) is 27.0. The highest BCUT2D eigenvalue weighted by molar-refractivity contribution is 5.83. The molecule has 0 spiro atoms. The quantitative estimate of drug-likeness (QED) is 0.117. The van der Waals surface area contributed by atoms with E-state index in [0.717, 1.165) is 22.3 Å². The fourth-order valence-corrected chi connectivity index (χ4v) is 5.79. The summed E-state index contributed by atoms with van der Waals surface area (Å²) >= 11 is 0. The molecule has 0 bridgehead atoms. The fraction of sp³-hybridized carbons (Fsp3) is 0. The number of rotatable bonds is 8. The molecule has 0 aliphatic carbocycles. The third kappa shape index (κ3) is 6.59. The standard InChI is InChI=1S/C42H27N7O2/c50-49(51)36-24-14-13-23-35(36)32-25-33(41-45-37(28-15-5-1-6-16-28)43-38(46-41)29-17-7-2-8-18-29)27-34(26-32)42-47-39(30-19-9-3-10-20-30)44-40(48-42)31-21-11-4-12-22-31/h1-27H. The molecule has 51 heavy (non-hydrogen) atoms. The number of hydrogen-bond donors (Lipinski definition) is 0. The lowest BCUT2D eigenvalue weighted by Crippen LogP contribution is -2.02. The minimum Gasteiger partial charge on any atom is -0.258 e. The number of benzene rings is 6. The topological polar surface area (TPSA) is 120 Å². The third-order valence-corrected chi connectivity index (χ3v) is 8.26. The van der Waals surface area contributed by atoms with E-state index in [2.05, 4.69) is 0 Å². The zero-order valence-electron chi connectivity index (χ0n) is 27.0. The fourth-order valence-electron chi connectivity index (χ4n) is 5.79. The first kappa shape index (κ1) is 31.0. The summed E-state index contributed by atoms with van der Waals surface area (Å²) in [4.78, 5) is 41.3.